The molecule has 0 bridgehead atoms. The maximum atomic E-state index is 13.6. The molecule has 0 aliphatic heterocycles. The van der Waals surface area contributed by atoms with Crippen LogP contribution in [0.2, 0.25) is 0 Å². The number of nitrogens with zero attached hydrogens (tertiary/aromatic N) is 1. The second kappa shape index (κ2) is 11.0. The molecule has 0 fully saturated rings. The number of nitrogens with two attached hydrogens (primary N) is 1. The zero-order chi connectivity index (χ0) is 23.1. The van der Waals surface area contributed by atoms with Gasteiger partial charge < -0.3 is 15.8 Å². The van der Waals surface area contributed by atoms with Crippen LogP contribution in [0.3, 0.4) is 0 Å². The second-order valence-corrected chi connectivity index (χ2v) is 7.82. The summed E-state index contributed by atoms with van der Waals surface area (Å²) in [6.45, 7) is 4.68. The average Bonchev–Trinajstić information content (AvgIpc) is 3.18. The summed E-state index contributed by atoms with van der Waals surface area (Å²) in [5.74, 6) is -1.95. The molecule has 8 heteroatoms. The van der Waals surface area contributed by atoms with Gasteiger partial charge in [0.25, 0.3) is 0 Å². The zero-order valence-corrected chi connectivity index (χ0v) is 18.2. The topological polar surface area (TPSA) is 93.0 Å². The van der Waals surface area contributed by atoms with E-state index in [1.807, 2.05) is 12.1 Å². The number of esters is 1. The van der Waals surface area contributed by atoms with Crippen molar-refractivity contribution in [3.63, 3.8) is 0 Å². The standard InChI is InChI=1S/C24H28F2N4O2/c1-3-16-5-4-6-17(8-16)13-28-14-23(32-24(31)22-7-15(2)29-30-22)21(27)11-18-9-19(25)12-20(26)10-18/h4-10,12,21,23,28H,3,11,13-14,27H2,1-2H3,(H,29,30)/t21-,23+/m0/s1. The van der Waals surface area contributed by atoms with Crippen molar-refractivity contribution in [3.8, 4) is 0 Å². The van der Waals surface area contributed by atoms with E-state index < -0.39 is 29.7 Å². The van der Waals surface area contributed by atoms with Gasteiger partial charge in [-0.05, 0) is 54.7 Å². The molecule has 0 radical (unpaired) electrons. The van der Waals surface area contributed by atoms with Gasteiger partial charge in [-0.1, -0.05) is 31.2 Å². The summed E-state index contributed by atoms with van der Waals surface area (Å²) in [6.07, 6.45) is 0.348. The van der Waals surface area contributed by atoms with Crippen LogP contribution in [0.4, 0.5) is 8.78 Å². The van der Waals surface area contributed by atoms with E-state index in [0.717, 1.165) is 18.1 Å². The van der Waals surface area contributed by atoms with Crippen molar-refractivity contribution in [3.05, 3.63) is 88.2 Å². The van der Waals surface area contributed by atoms with Crippen molar-refractivity contribution in [2.24, 2.45) is 5.73 Å². The molecule has 4 N–H and O–H groups in total. The van der Waals surface area contributed by atoms with Gasteiger partial charge >= 0.3 is 5.97 Å². The summed E-state index contributed by atoms with van der Waals surface area (Å²) < 4.78 is 32.8. The zero-order valence-electron chi connectivity index (χ0n) is 18.2. The Morgan fingerprint density at radius 1 is 1.12 bits per heavy atom. The number of benzene rings is 2. The molecular weight excluding hydrogens is 414 g/mol. The summed E-state index contributed by atoms with van der Waals surface area (Å²) in [4.78, 5) is 12.6. The molecule has 0 aliphatic rings. The molecule has 3 aromatic rings. The van der Waals surface area contributed by atoms with Crippen LogP contribution in [-0.2, 0) is 24.1 Å². The third kappa shape index (κ3) is 6.70. The fraction of sp³-hybridized carbons (Fsp3) is 0.333. The minimum Gasteiger partial charge on any atom is -0.455 e. The molecule has 170 valence electrons. The monoisotopic (exact) mass is 442 g/mol. The maximum absolute atomic E-state index is 13.6. The van der Waals surface area contributed by atoms with Crippen LogP contribution < -0.4 is 11.1 Å². The fourth-order valence-corrected chi connectivity index (χ4v) is 3.46. The van der Waals surface area contributed by atoms with Gasteiger partial charge in [0.05, 0.1) is 5.69 Å². The molecule has 0 amide bonds. The van der Waals surface area contributed by atoms with Crippen molar-refractivity contribution in [2.75, 3.05) is 6.54 Å². The lowest BCUT2D eigenvalue weighted by atomic mass is 10.0. The van der Waals surface area contributed by atoms with Crippen LogP contribution in [0.1, 0.15) is 39.8 Å². The van der Waals surface area contributed by atoms with E-state index >= 15 is 0 Å². The average molecular weight is 443 g/mol. The third-order valence-electron chi connectivity index (χ3n) is 5.13. The van der Waals surface area contributed by atoms with Crippen LogP contribution in [0.5, 0.6) is 0 Å². The highest BCUT2D eigenvalue weighted by Gasteiger charge is 2.24. The van der Waals surface area contributed by atoms with Crippen LogP contribution >= 0.6 is 0 Å². The maximum Gasteiger partial charge on any atom is 0.356 e. The first-order chi connectivity index (χ1) is 15.3. The Kier molecular flexibility index (Phi) is 8.08. The summed E-state index contributed by atoms with van der Waals surface area (Å²) >= 11 is 0. The van der Waals surface area contributed by atoms with E-state index in [9.17, 15) is 13.6 Å². The third-order valence-corrected chi connectivity index (χ3v) is 5.13. The van der Waals surface area contributed by atoms with Gasteiger partial charge in [0.15, 0.2) is 0 Å². The van der Waals surface area contributed by atoms with Crippen molar-refractivity contribution in [2.45, 2.75) is 45.4 Å². The predicted molar refractivity (Wildman–Crippen MR) is 118 cm³/mol. The fourth-order valence-electron chi connectivity index (χ4n) is 3.46. The number of aromatic nitrogens is 2. The number of carbonyl (C=O) groups is 1. The van der Waals surface area contributed by atoms with Gasteiger partial charge in [-0.15, -0.1) is 0 Å². The molecule has 0 unspecified atom stereocenters. The lowest BCUT2D eigenvalue weighted by molar-refractivity contribution is 0.0231. The predicted octanol–water partition coefficient (Wildman–Crippen LogP) is 3.44. The van der Waals surface area contributed by atoms with Gasteiger partial charge in [0.1, 0.15) is 23.4 Å². The normalized spacial score (nSPS) is 13.0. The Morgan fingerprint density at radius 3 is 2.50 bits per heavy atom. The van der Waals surface area contributed by atoms with E-state index in [2.05, 4.69) is 34.6 Å². The first-order valence-corrected chi connectivity index (χ1v) is 10.6. The van der Waals surface area contributed by atoms with Gasteiger partial charge in [-0.25, -0.2) is 13.6 Å². The van der Waals surface area contributed by atoms with Gasteiger partial charge in [-0.2, -0.15) is 5.10 Å². The highest BCUT2D eigenvalue weighted by molar-refractivity contribution is 5.87. The number of H-pyrrole nitrogens is 1. The molecule has 6 nitrogen and oxygen atoms in total. The molecule has 0 aliphatic carbocycles. The minimum absolute atomic E-state index is 0.141. The van der Waals surface area contributed by atoms with Gasteiger partial charge in [0.2, 0.25) is 0 Å². The van der Waals surface area contributed by atoms with Gasteiger partial charge in [-0.3, -0.25) is 5.10 Å². The number of ether oxygens (including phenoxy) is 1. The molecule has 1 aromatic heterocycles. The Labute approximate surface area is 186 Å². The largest absolute Gasteiger partial charge is 0.455 e. The van der Waals surface area contributed by atoms with Crippen molar-refractivity contribution < 1.29 is 18.3 Å². The Morgan fingerprint density at radius 2 is 1.84 bits per heavy atom. The van der Waals surface area contributed by atoms with Crippen LogP contribution in [0.15, 0.2) is 48.5 Å². The smallest absolute Gasteiger partial charge is 0.356 e. The molecule has 0 saturated carbocycles. The van der Waals surface area contributed by atoms with E-state index in [4.69, 9.17) is 10.5 Å². The van der Waals surface area contributed by atoms with E-state index in [1.54, 1.807) is 13.0 Å². The van der Waals surface area contributed by atoms with Crippen LogP contribution in [-0.4, -0.2) is 34.9 Å². The number of halogens is 2. The van der Waals surface area contributed by atoms with Crippen molar-refractivity contribution >= 4 is 5.97 Å². The van der Waals surface area contributed by atoms with Crippen molar-refractivity contribution in [1.82, 2.24) is 15.5 Å². The van der Waals surface area contributed by atoms with Crippen LogP contribution in [0, 0.1) is 18.6 Å². The second-order valence-electron chi connectivity index (χ2n) is 7.82. The first kappa shape index (κ1) is 23.6. The number of hydrogen-bond donors (Lipinski definition) is 3. The first-order valence-electron chi connectivity index (χ1n) is 10.6. The molecule has 0 spiro atoms. The number of nitrogens with one attached hydrogen (secondary N) is 2. The molecule has 2 aromatic carbocycles. The molecule has 2 atom stereocenters. The highest BCUT2D eigenvalue weighted by atomic mass is 19.1. The number of hydrogen-bond acceptors (Lipinski definition) is 5. The molecule has 1 heterocycles. The number of rotatable bonds is 10. The van der Waals surface area contributed by atoms with Crippen LogP contribution in [0.25, 0.3) is 0 Å². The highest BCUT2D eigenvalue weighted by Crippen LogP contribution is 2.14. The van der Waals surface area contributed by atoms with E-state index in [1.165, 1.54) is 17.7 Å². The Hall–Kier alpha value is -3.10. The summed E-state index contributed by atoms with van der Waals surface area (Å²) in [5, 5.41) is 9.84. The SMILES string of the molecule is CCc1cccc(CNC[C@@H](OC(=O)c2cc(C)n[nH]2)[C@@H](N)Cc2cc(F)cc(F)c2)c1. The Balaban J connectivity index is 1.69. The number of aromatic amines is 1. The Bertz CT molecular complexity index is 1030. The lowest BCUT2D eigenvalue weighted by Crippen LogP contribution is -2.46. The number of aryl methyl sites for hydroxylation is 2. The molecular formula is C24H28F2N4O2. The summed E-state index contributed by atoms with van der Waals surface area (Å²) in [6, 6.07) is 12.3. The summed E-state index contributed by atoms with van der Waals surface area (Å²) in [5.41, 5.74) is 9.91. The quantitative estimate of drug-likeness (QED) is 0.418. The number of carbonyl (C=O) groups excluding carboxylic acids is 1. The van der Waals surface area contributed by atoms with Gasteiger partial charge in [0, 0.05) is 25.2 Å². The molecule has 32 heavy (non-hydrogen) atoms. The minimum atomic E-state index is -0.730. The van der Waals surface area contributed by atoms with E-state index in [0.29, 0.717) is 17.8 Å². The molecule has 0 saturated heterocycles. The molecule has 3 rings (SSSR count). The summed E-state index contributed by atoms with van der Waals surface area (Å²) in [7, 11) is 0. The van der Waals surface area contributed by atoms with E-state index in [-0.39, 0.29) is 18.7 Å². The lowest BCUT2D eigenvalue weighted by Gasteiger charge is -2.24. The van der Waals surface area contributed by atoms with Crippen molar-refractivity contribution in [1.29, 1.82) is 0 Å².